The minimum Gasteiger partial charge on any atom is -0.392 e. The summed E-state index contributed by atoms with van der Waals surface area (Å²) in [4.78, 5) is 0. The lowest BCUT2D eigenvalue weighted by atomic mass is 9.75. The van der Waals surface area contributed by atoms with Gasteiger partial charge in [0.2, 0.25) is 0 Å². The van der Waals surface area contributed by atoms with E-state index < -0.39 is 0 Å². The Labute approximate surface area is 81.7 Å². The lowest BCUT2D eigenvalue weighted by molar-refractivity contribution is 0.157. The van der Waals surface area contributed by atoms with Crippen molar-refractivity contribution in [1.29, 1.82) is 0 Å². The Kier molecular flexibility index (Phi) is 3.74. The highest BCUT2D eigenvalue weighted by Gasteiger charge is 2.27. The van der Waals surface area contributed by atoms with Crippen LogP contribution in [0.4, 0.5) is 0 Å². The van der Waals surface area contributed by atoms with Gasteiger partial charge >= 0.3 is 0 Å². The number of aliphatic hydroxyl groups is 1. The predicted octanol–water partition coefficient (Wildman–Crippen LogP) is 1.93. The molecule has 2 unspecified atom stereocenters. The first-order chi connectivity index (χ1) is 5.99. The minimum absolute atomic E-state index is 0.218. The third-order valence-corrected chi connectivity index (χ3v) is 2.91. The second kappa shape index (κ2) is 4.43. The fraction of sp³-hybridized carbons (Fsp3) is 1.00. The van der Waals surface area contributed by atoms with E-state index in [1.54, 1.807) is 0 Å². The first-order valence-electron chi connectivity index (χ1n) is 5.41. The standard InChI is InChI=1S/C11H23NO/c1-9(13)8-12-10-5-4-6-11(2,3)7-10/h9-10,12-13H,4-8H2,1-3H3. The van der Waals surface area contributed by atoms with Crippen molar-refractivity contribution in [3.05, 3.63) is 0 Å². The molecule has 0 aliphatic heterocycles. The average Bonchev–Trinajstić information content (AvgIpc) is 1.99. The second-order valence-electron chi connectivity index (χ2n) is 5.21. The van der Waals surface area contributed by atoms with E-state index in [0.29, 0.717) is 11.5 Å². The van der Waals surface area contributed by atoms with Crippen LogP contribution in [0.5, 0.6) is 0 Å². The summed E-state index contributed by atoms with van der Waals surface area (Å²) in [5.74, 6) is 0. The molecule has 0 spiro atoms. The molecule has 0 aromatic carbocycles. The molecule has 1 rings (SSSR count). The molecule has 2 heteroatoms. The predicted molar refractivity (Wildman–Crippen MR) is 55.7 cm³/mol. The van der Waals surface area contributed by atoms with Crippen molar-refractivity contribution in [2.45, 2.75) is 58.6 Å². The van der Waals surface area contributed by atoms with Crippen LogP contribution in [0.15, 0.2) is 0 Å². The second-order valence-corrected chi connectivity index (χ2v) is 5.21. The SMILES string of the molecule is CC(O)CNC1CCCC(C)(C)C1. The highest BCUT2D eigenvalue weighted by atomic mass is 16.3. The van der Waals surface area contributed by atoms with Gasteiger partial charge in [-0.3, -0.25) is 0 Å². The summed E-state index contributed by atoms with van der Waals surface area (Å²) < 4.78 is 0. The molecule has 0 aromatic rings. The molecule has 1 fully saturated rings. The van der Waals surface area contributed by atoms with Gasteiger partial charge in [-0.2, -0.15) is 0 Å². The molecule has 0 bridgehead atoms. The summed E-state index contributed by atoms with van der Waals surface area (Å²) in [5.41, 5.74) is 0.495. The van der Waals surface area contributed by atoms with Gasteiger partial charge in [0, 0.05) is 12.6 Å². The summed E-state index contributed by atoms with van der Waals surface area (Å²) in [5, 5.41) is 12.6. The van der Waals surface area contributed by atoms with Crippen LogP contribution < -0.4 is 5.32 Å². The molecule has 0 heterocycles. The van der Waals surface area contributed by atoms with E-state index in [4.69, 9.17) is 5.11 Å². The van der Waals surface area contributed by atoms with Crippen molar-refractivity contribution in [3.8, 4) is 0 Å². The van der Waals surface area contributed by atoms with Gasteiger partial charge in [0.15, 0.2) is 0 Å². The van der Waals surface area contributed by atoms with Gasteiger partial charge < -0.3 is 10.4 Å². The van der Waals surface area contributed by atoms with Crippen LogP contribution in [0.1, 0.15) is 46.5 Å². The fourth-order valence-corrected chi connectivity index (χ4v) is 2.21. The molecule has 0 saturated heterocycles. The van der Waals surface area contributed by atoms with E-state index in [1.807, 2.05) is 6.92 Å². The zero-order chi connectivity index (χ0) is 9.90. The topological polar surface area (TPSA) is 32.3 Å². The lowest BCUT2D eigenvalue weighted by Gasteiger charge is -2.35. The van der Waals surface area contributed by atoms with E-state index in [2.05, 4.69) is 19.2 Å². The molecule has 0 aromatic heterocycles. The zero-order valence-electron chi connectivity index (χ0n) is 9.14. The van der Waals surface area contributed by atoms with E-state index in [0.717, 1.165) is 6.54 Å². The van der Waals surface area contributed by atoms with E-state index in [1.165, 1.54) is 25.7 Å². The first-order valence-corrected chi connectivity index (χ1v) is 5.41. The van der Waals surface area contributed by atoms with Crippen molar-refractivity contribution in [2.24, 2.45) is 5.41 Å². The Bertz CT molecular complexity index is 154. The maximum Gasteiger partial charge on any atom is 0.0636 e. The van der Waals surface area contributed by atoms with Crippen LogP contribution in [-0.4, -0.2) is 23.8 Å². The molecule has 1 saturated carbocycles. The van der Waals surface area contributed by atoms with Crippen LogP contribution in [0.2, 0.25) is 0 Å². The summed E-state index contributed by atoms with van der Waals surface area (Å²) >= 11 is 0. The lowest BCUT2D eigenvalue weighted by Crippen LogP contribution is -2.40. The highest BCUT2D eigenvalue weighted by Crippen LogP contribution is 2.34. The molecule has 78 valence electrons. The minimum atomic E-state index is -0.218. The molecule has 2 N–H and O–H groups in total. The van der Waals surface area contributed by atoms with Crippen molar-refractivity contribution in [3.63, 3.8) is 0 Å². The first kappa shape index (κ1) is 11.0. The average molecular weight is 185 g/mol. The molecular formula is C11H23NO. The van der Waals surface area contributed by atoms with Crippen molar-refractivity contribution in [1.82, 2.24) is 5.32 Å². The number of nitrogens with one attached hydrogen (secondary N) is 1. The Morgan fingerprint density at radius 3 is 2.77 bits per heavy atom. The number of rotatable bonds is 3. The monoisotopic (exact) mass is 185 g/mol. The molecule has 1 aliphatic carbocycles. The van der Waals surface area contributed by atoms with Crippen molar-refractivity contribution >= 4 is 0 Å². The Hall–Kier alpha value is -0.0800. The molecule has 0 amide bonds. The van der Waals surface area contributed by atoms with Gasteiger partial charge in [-0.05, 0) is 31.6 Å². The van der Waals surface area contributed by atoms with Gasteiger partial charge in [-0.25, -0.2) is 0 Å². The van der Waals surface area contributed by atoms with Gasteiger partial charge in [0.25, 0.3) is 0 Å². The number of aliphatic hydroxyl groups excluding tert-OH is 1. The van der Waals surface area contributed by atoms with Gasteiger partial charge in [0.05, 0.1) is 6.10 Å². The maximum absolute atomic E-state index is 9.15. The van der Waals surface area contributed by atoms with E-state index in [-0.39, 0.29) is 6.10 Å². The molecule has 13 heavy (non-hydrogen) atoms. The van der Waals surface area contributed by atoms with Gasteiger partial charge in [-0.15, -0.1) is 0 Å². The van der Waals surface area contributed by atoms with Crippen molar-refractivity contribution in [2.75, 3.05) is 6.54 Å². The number of hydrogen-bond acceptors (Lipinski definition) is 2. The summed E-state index contributed by atoms with van der Waals surface area (Å²) in [7, 11) is 0. The largest absolute Gasteiger partial charge is 0.392 e. The maximum atomic E-state index is 9.15. The summed E-state index contributed by atoms with van der Waals surface area (Å²) in [6, 6.07) is 0.623. The third kappa shape index (κ3) is 4.10. The summed E-state index contributed by atoms with van der Waals surface area (Å²) in [6.07, 6.45) is 4.98. The Balaban J connectivity index is 2.26. The molecule has 1 aliphatic rings. The third-order valence-electron chi connectivity index (χ3n) is 2.91. The molecule has 0 radical (unpaired) electrons. The smallest absolute Gasteiger partial charge is 0.0636 e. The fourth-order valence-electron chi connectivity index (χ4n) is 2.21. The van der Waals surface area contributed by atoms with E-state index in [9.17, 15) is 0 Å². The van der Waals surface area contributed by atoms with Crippen LogP contribution in [0.25, 0.3) is 0 Å². The van der Waals surface area contributed by atoms with Crippen LogP contribution in [0, 0.1) is 5.41 Å². The highest BCUT2D eigenvalue weighted by molar-refractivity contribution is 4.83. The summed E-state index contributed by atoms with van der Waals surface area (Å²) in [6.45, 7) is 7.24. The Morgan fingerprint density at radius 1 is 1.54 bits per heavy atom. The van der Waals surface area contributed by atoms with Gasteiger partial charge in [-0.1, -0.05) is 20.3 Å². The quantitative estimate of drug-likeness (QED) is 0.704. The van der Waals surface area contributed by atoms with Crippen LogP contribution in [-0.2, 0) is 0 Å². The van der Waals surface area contributed by atoms with Gasteiger partial charge in [0.1, 0.15) is 0 Å². The van der Waals surface area contributed by atoms with Crippen LogP contribution in [0.3, 0.4) is 0 Å². The Morgan fingerprint density at radius 2 is 2.23 bits per heavy atom. The van der Waals surface area contributed by atoms with Crippen molar-refractivity contribution < 1.29 is 5.11 Å². The molecule has 2 atom stereocenters. The van der Waals surface area contributed by atoms with Crippen LogP contribution >= 0.6 is 0 Å². The normalized spacial score (nSPS) is 30.0. The zero-order valence-corrected chi connectivity index (χ0v) is 9.14. The molecule has 2 nitrogen and oxygen atoms in total. The number of hydrogen-bond donors (Lipinski definition) is 2. The molecular weight excluding hydrogens is 162 g/mol. The van der Waals surface area contributed by atoms with E-state index >= 15 is 0 Å².